The molecule has 1 heterocycles. The third-order valence-electron chi connectivity index (χ3n) is 4.07. The number of rotatable bonds is 9. The first-order chi connectivity index (χ1) is 12.2. The van der Waals surface area contributed by atoms with E-state index < -0.39 is 0 Å². The molecule has 0 amide bonds. The maximum absolute atomic E-state index is 4.73. The summed E-state index contributed by atoms with van der Waals surface area (Å²) in [6.07, 6.45) is 0. The standard InChI is InChI=1S/C20H30N4S.HI/c1-4-21-20(23-15-19-11-8-12-25-19)22-14-17-9-7-10-18(13-17)16-24(5-2)6-3;/h7-13H,4-6,14-16H2,1-3H3,(H2,21,22,23);1H. The minimum absolute atomic E-state index is 0. The van der Waals surface area contributed by atoms with Crippen LogP contribution in [-0.4, -0.2) is 30.5 Å². The van der Waals surface area contributed by atoms with Crippen molar-refractivity contribution in [2.45, 2.75) is 40.4 Å². The van der Waals surface area contributed by atoms with Crippen LogP contribution >= 0.6 is 35.3 Å². The van der Waals surface area contributed by atoms with Crippen molar-refractivity contribution >= 4 is 41.3 Å². The molecular weight excluding hydrogens is 455 g/mol. The van der Waals surface area contributed by atoms with Gasteiger partial charge in [0.2, 0.25) is 0 Å². The maximum Gasteiger partial charge on any atom is 0.191 e. The number of thiophene rings is 1. The summed E-state index contributed by atoms with van der Waals surface area (Å²) >= 11 is 1.76. The summed E-state index contributed by atoms with van der Waals surface area (Å²) in [6.45, 7) is 12.0. The second-order valence-corrected chi connectivity index (χ2v) is 6.94. The highest BCUT2D eigenvalue weighted by atomic mass is 127. The van der Waals surface area contributed by atoms with E-state index in [1.807, 2.05) is 0 Å². The van der Waals surface area contributed by atoms with Crippen molar-refractivity contribution in [1.82, 2.24) is 15.5 Å². The Bertz CT molecular complexity index is 639. The zero-order chi connectivity index (χ0) is 17.9. The lowest BCUT2D eigenvalue weighted by Gasteiger charge is -2.18. The Morgan fingerprint density at radius 3 is 2.46 bits per heavy atom. The number of nitrogens with one attached hydrogen (secondary N) is 2. The summed E-state index contributed by atoms with van der Waals surface area (Å²) in [6, 6.07) is 13.0. The van der Waals surface area contributed by atoms with E-state index >= 15 is 0 Å². The topological polar surface area (TPSA) is 39.7 Å². The number of aliphatic imine (C=N–C) groups is 1. The zero-order valence-electron chi connectivity index (χ0n) is 16.0. The van der Waals surface area contributed by atoms with Crippen LogP contribution in [0.3, 0.4) is 0 Å². The Kier molecular flexibility index (Phi) is 11.6. The molecule has 0 bridgehead atoms. The second kappa shape index (κ2) is 13.1. The fourth-order valence-electron chi connectivity index (χ4n) is 2.63. The van der Waals surface area contributed by atoms with E-state index in [2.05, 4.69) is 78.1 Å². The molecule has 0 saturated carbocycles. The van der Waals surface area contributed by atoms with Gasteiger partial charge < -0.3 is 10.6 Å². The summed E-state index contributed by atoms with van der Waals surface area (Å²) < 4.78 is 0. The van der Waals surface area contributed by atoms with Gasteiger partial charge in [-0.2, -0.15) is 0 Å². The van der Waals surface area contributed by atoms with Gasteiger partial charge in [-0.25, -0.2) is 4.99 Å². The predicted molar refractivity (Wildman–Crippen MR) is 124 cm³/mol. The zero-order valence-corrected chi connectivity index (χ0v) is 19.1. The number of guanidine groups is 1. The van der Waals surface area contributed by atoms with E-state index in [0.717, 1.165) is 38.7 Å². The van der Waals surface area contributed by atoms with E-state index in [0.29, 0.717) is 6.54 Å². The van der Waals surface area contributed by atoms with Crippen molar-refractivity contribution in [3.05, 3.63) is 57.8 Å². The molecule has 2 aromatic rings. The molecule has 0 saturated heterocycles. The van der Waals surface area contributed by atoms with Gasteiger partial charge in [-0.1, -0.05) is 44.2 Å². The summed E-state index contributed by atoms with van der Waals surface area (Å²) in [4.78, 5) is 8.47. The highest BCUT2D eigenvalue weighted by molar-refractivity contribution is 14.0. The Hall–Kier alpha value is -1.12. The van der Waals surface area contributed by atoms with Crippen LogP contribution in [-0.2, 0) is 19.6 Å². The number of nitrogens with zero attached hydrogens (tertiary/aromatic N) is 2. The molecular formula is C20H31IN4S. The van der Waals surface area contributed by atoms with Crippen LogP contribution in [0, 0.1) is 0 Å². The second-order valence-electron chi connectivity index (χ2n) is 5.91. The van der Waals surface area contributed by atoms with E-state index in [9.17, 15) is 0 Å². The lowest BCUT2D eigenvalue weighted by atomic mass is 10.1. The van der Waals surface area contributed by atoms with Gasteiger partial charge in [-0.05, 0) is 42.6 Å². The molecule has 0 aliphatic carbocycles. The van der Waals surface area contributed by atoms with Crippen LogP contribution < -0.4 is 10.6 Å². The molecule has 2 rings (SSSR count). The van der Waals surface area contributed by atoms with Gasteiger partial charge in [-0.3, -0.25) is 4.90 Å². The molecule has 0 spiro atoms. The normalized spacial score (nSPS) is 11.3. The molecule has 0 unspecified atom stereocenters. The monoisotopic (exact) mass is 486 g/mol. The fraction of sp³-hybridized carbons (Fsp3) is 0.450. The Labute approximate surface area is 179 Å². The van der Waals surface area contributed by atoms with Crippen LogP contribution in [0.15, 0.2) is 46.8 Å². The minimum Gasteiger partial charge on any atom is -0.357 e. The van der Waals surface area contributed by atoms with Gasteiger partial charge in [0.15, 0.2) is 5.96 Å². The van der Waals surface area contributed by atoms with Gasteiger partial charge >= 0.3 is 0 Å². The minimum atomic E-state index is 0. The lowest BCUT2D eigenvalue weighted by Crippen LogP contribution is -2.36. The molecule has 1 aromatic heterocycles. The lowest BCUT2D eigenvalue weighted by molar-refractivity contribution is 0.296. The first-order valence-electron chi connectivity index (χ1n) is 9.09. The van der Waals surface area contributed by atoms with Crippen molar-refractivity contribution in [2.24, 2.45) is 4.99 Å². The number of benzene rings is 1. The van der Waals surface area contributed by atoms with Crippen LogP contribution in [0.1, 0.15) is 36.8 Å². The quantitative estimate of drug-likeness (QED) is 0.312. The highest BCUT2D eigenvalue weighted by Crippen LogP contribution is 2.10. The van der Waals surface area contributed by atoms with E-state index in [4.69, 9.17) is 4.99 Å². The largest absolute Gasteiger partial charge is 0.357 e. The molecule has 0 radical (unpaired) electrons. The molecule has 0 aliphatic rings. The third-order valence-corrected chi connectivity index (χ3v) is 4.94. The van der Waals surface area contributed by atoms with Crippen molar-refractivity contribution in [2.75, 3.05) is 19.6 Å². The number of hydrogen-bond donors (Lipinski definition) is 2. The van der Waals surface area contributed by atoms with Crippen LogP contribution in [0.4, 0.5) is 0 Å². The van der Waals surface area contributed by atoms with Crippen molar-refractivity contribution in [1.29, 1.82) is 0 Å². The summed E-state index contributed by atoms with van der Waals surface area (Å²) in [5.74, 6) is 0.866. The van der Waals surface area contributed by atoms with Crippen molar-refractivity contribution in [3.8, 4) is 0 Å². The summed E-state index contributed by atoms with van der Waals surface area (Å²) in [7, 11) is 0. The SMILES string of the molecule is CCNC(=NCc1cccc(CN(CC)CC)c1)NCc1cccs1.I. The van der Waals surface area contributed by atoms with Gasteiger partial charge in [-0.15, -0.1) is 35.3 Å². The average Bonchev–Trinajstić information content (AvgIpc) is 3.16. The van der Waals surface area contributed by atoms with Crippen LogP contribution in [0.5, 0.6) is 0 Å². The molecule has 4 nitrogen and oxygen atoms in total. The fourth-order valence-corrected chi connectivity index (χ4v) is 3.27. The Morgan fingerprint density at radius 2 is 1.81 bits per heavy atom. The third kappa shape index (κ3) is 8.05. The smallest absolute Gasteiger partial charge is 0.191 e. The Morgan fingerprint density at radius 1 is 1.04 bits per heavy atom. The number of hydrogen-bond acceptors (Lipinski definition) is 3. The van der Waals surface area contributed by atoms with Gasteiger partial charge in [0.1, 0.15) is 0 Å². The molecule has 0 fully saturated rings. The van der Waals surface area contributed by atoms with Crippen LogP contribution in [0.25, 0.3) is 0 Å². The van der Waals surface area contributed by atoms with Crippen molar-refractivity contribution in [3.63, 3.8) is 0 Å². The van der Waals surface area contributed by atoms with E-state index in [1.54, 1.807) is 11.3 Å². The maximum atomic E-state index is 4.73. The van der Waals surface area contributed by atoms with Gasteiger partial charge in [0.25, 0.3) is 0 Å². The average molecular weight is 486 g/mol. The highest BCUT2D eigenvalue weighted by Gasteiger charge is 2.03. The predicted octanol–water partition coefficient (Wildman–Crippen LogP) is 4.46. The molecule has 1 aromatic carbocycles. The van der Waals surface area contributed by atoms with Crippen LogP contribution in [0.2, 0.25) is 0 Å². The molecule has 26 heavy (non-hydrogen) atoms. The first-order valence-corrected chi connectivity index (χ1v) is 9.97. The molecule has 0 atom stereocenters. The summed E-state index contributed by atoms with van der Waals surface area (Å²) in [5, 5.41) is 8.81. The molecule has 2 N–H and O–H groups in total. The number of halogens is 1. The van der Waals surface area contributed by atoms with E-state index in [1.165, 1.54) is 16.0 Å². The molecule has 0 aliphatic heterocycles. The van der Waals surface area contributed by atoms with Gasteiger partial charge in [0, 0.05) is 18.0 Å². The molecule has 6 heteroatoms. The van der Waals surface area contributed by atoms with Gasteiger partial charge in [0.05, 0.1) is 13.1 Å². The molecule has 144 valence electrons. The summed E-state index contributed by atoms with van der Waals surface area (Å²) in [5.41, 5.74) is 2.60. The van der Waals surface area contributed by atoms with E-state index in [-0.39, 0.29) is 24.0 Å². The Balaban J connectivity index is 0.00000338. The van der Waals surface area contributed by atoms with Crippen molar-refractivity contribution < 1.29 is 0 Å². The first kappa shape index (κ1) is 22.9.